The topological polar surface area (TPSA) is 58.3 Å². The van der Waals surface area contributed by atoms with Gasteiger partial charge in [-0.1, -0.05) is 0 Å². The monoisotopic (exact) mass is 261 g/mol. The molecule has 2 aromatic heterocycles. The van der Waals surface area contributed by atoms with Crippen molar-refractivity contribution in [2.75, 3.05) is 13.2 Å². The van der Waals surface area contributed by atoms with Gasteiger partial charge in [-0.15, -0.1) is 0 Å². The van der Waals surface area contributed by atoms with Crippen molar-refractivity contribution in [1.82, 2.24) is 14.3 Å². The first-order valence-corrected chi connectivity index (χ1v) is 6.20. The zero-order chi connectivity index (χ0) is 13.2. The Bertz CT molecular complexity index is 568. The van der Waals surface area contributed by atoms with Crippen molar-refractivity contribution >= 4 is 5.97 Å². The van der Waals surface area contributed by atoms with Crippen LogP contribution < -0.4 is 0 Å². The molecule has 0 aliphatic carbocycles. The van der Waals surface area contributed by atoms with Gasteiger partial charge in [0.25, 0.3) is 0 Å². The number of nitrogens with zero attached hydrogens (tertiary/aromatic N) is 3. The Morgan fingerprint density at radius 1 is 1.47 bits per heavy atom. The summed E-state index contributed by atoms with van der Waals surface area (Å²) in [6.45, 7) is 1.13. The minimum atomic E-state index is -0.354. The molecule has 100 valence electrons. The average Bonchev–Trinajstić information content (AvgIpc) is 3.08. The molecule has 0 radical (unpaired) electrons. The molecule has 0 spiro atoms. The van der Waals surface area contributed by atoms with Gasteiger partial charge in [-0.2, -0.15) is 5.10 Å². The molecular formula is C13H15N3O3. The van der Waals surface area contributed by atoms with Crippen LogP contribution in [0.15, 0.2) is 30.7 Å². The molecule has 2 aromatic rings. The molecule has 0 N–H and O–H groups in total. The van der Waals surface area contributed by atoms with Crippen LogP contribution >= 0.6 is 0 Å². The van der Waals surface area contributed by atoms with Gasteiger partial charge in [0.2, 0.25) is 0 Å². The van der Waals surface area contributed by atoms with Crippen LogP contribution in [-0.2, 0) is 16.5 Å². The molecule has 19 heavy (non-hydrogen) atoms. The van der Waals surface area contributed by atoms with Gasteiger partial charge in [0, 0.05) is 25.9 Å². The van der Waals surface area contributed by atoms with Crippen molar-refractivity contribution in [2.45, 2.75) is 12.5 Å². The summed E-state index contributed by atoms with van der Waals surface area (Å²) in [4.78, 5) is 12.2. The third-order valence-corrected chi connectivity index (χ3v) is 3.14. The van der Waals surface area contributed by atoms with E-state index in [1.165, 1.54) is 6.20 Å². The molecule has 6 heteroatoms. The molecule has 3 heterocycles. The fourth-order valence-corrected chi connectivity index (χ4v) is 2.18. The fourth-order valence-electron chi connectivity index (χ4n) is 2.18. The summed E-state index contributed by atoms with van der Waals surface area (Å²) in [5.74, 6) is 0.348. The summed E-state index contributed by atoms with van der Waals surface area (Å²) in [5, 5.41) is 4.13. The third-order valence-electron chi connectivity index (χ3n) is 3.14. The average molecular weight is 261 g/mol. The second-order valence-corrected chi connectivity index (χ2v) is 4.49. The lowest BCUT2D eigenvalue weighted by Gasteiger charge is -2.11. The highest BCUT2D eigenvalue weighted by atomic mass is 16.6. The number of aryl methyl sites for hydroxylation is 1. The summed E-state index contributed by atoms with van der Waals surface area (Å²) in [6.07, 6.45) is 5.88. The molecule has 1 unspecified atom stereocenters. The number of aromatic nitrogens is 3. The normalized spacial score (nSPS) is 18.7. The molecule has 1 fully saturated rings. The van der Waals surface area contributed by atoms with Crippen LogP contribution in [0.4, 0.5) is 0 Å². The maximum absolute atomic E-state index is 12.2. The van der Waals surface area contributed by atoms with E-state index in [1.54, 1.807) is 11.7 Å². The molecule has 0 aromatic carbocycles. The summed E-state index contributed by atoms with van der Waals surface area (Å²) in [7, 11) is 1.80. The number of ether oxygens (including phenoxy) is 2. The smallest absolute Gasteiger partial charge is 0.343 e. The van der Waals surface area contributed by atoms with E-state index in [2.05, 4.69) is 5.10 Å². The summed E-state index contributed by atoms with van der Waals surface area (Å²) < 4.78 is 14.1. The third kappa shape index (κ3) is 2.26. The van der Waals surface area contributed by atoms with Crippen molar-refractivity contribution in [3.63, 3.8) is 0 Å². The SMILES string of the molecule is Cn1ncc(C(=O)OC2CCOC2)c1-n1cccc1. The predicted molar refractivity (Wildman–Crippen MR) is 67.2 cm³/mol. The summed E-state index contributed by atoms with van der Waals surface area (Å²) in [5.41, 5.74) is 0.464. The van der Waals surface area contributed by atoms with Gasteiger partial charge in [-0.25, -0.2) is 4.79 Å². The molecule has 1 aliphatic rings. The maximum atomic E-state index is 12.2. The van der Waals surface area contributed by atoms with Gasteiger partial charge in [-0.05, 0) is 12.1 Å². The Hall–Kier alpha value is -2.08. The van der Waals surface area contributed by atoms with Crippen molar-refractivity contribution in [3.05, 3.63) is 36.3 Å². The maximum Gasteiger partial charge on any atom is 0.343 e. The first kappa shape index (κ1) is 12.0. The molecule has 0 amide bonds. The van der Waals surface area contributed by atoms with E-state index in [0.717, 1.165) is 6.42 Å². The number of rotatable bonds is 3. The van der Waals surface area contributed by atoms with Crippen LogP contribution in [0.3, 0.4) is 0 Å². The van der Waals surface area contributed by atoms with Crippen LogP contribution in [-0.4, -0.2) is 39.6 Å². The van der Waals surface area contributed by atoms with Gasteiger partial charge in [-0.3, -0.25) is 4.68 Å². The van der Waals surface area contributed by atoms with Gasteiger partial charge >= 0.3 is 5.97 Å². The minimum absolute atomic E-state index is 0.148. The second-order valence-electron chi connectivity index (χ2n) is 4.49. The lowest BCUT2D eigenvalue weighted by atomic mass is 10.3. The van der Waals surface area contributed by atoms with Gasteiger partial charge in [0.05, 0.1) is 19.4 Å². The van der Waals surface area contributed by atoms with E-state index < -0.39 is 0 Å². The lowest BCUT2D eigenvalue weighted by molar-refractivity contribution is 0.0270. The van der Waals surface area contributed by atoms with Gasteiger partial charge in [0.15, 0.2) is 0 Å². The molecule has 1 saturated heterocycles. The quantitative estimate of drug-likeness (QED) is 0.778. The Morgan fingerprint density at radius 3 is 2.95 bits per heavy atom. The number of esters is 1. The van der Waals surface area contributed by atoms with Gasteiger partial charge < -0.3 is 14.0 Å². The zero-order valence-electron chi connectivity index (χ0n) is 10.7. The first-order valence-electron chi connectivity index (χ1n) is 6.20. The zero-order valence-corrected chi connectivity index (χ0v) is 10.7. The van der Waals surface area contributed by atoms with Crippen LogP contribution in [0.5, 0.6) is 0 Å². The van der Waals surface area contributed by atoms with Crippen LogP contribution in [0.2, 0.25) is 0 Å². The van der Waals surface area contributed by atoms with E-state index >= 15 is 0 Å². The summed E-state index contributed by atoms with van der Waals surface area (Å²) in [6, 6.07) is 3.79. The van der Waals surface area contributed by atoms with Crippen LogP contribution in [0.25, 0.3) is 5.82 Å². The minimum Gasteiger partial charge on any atom is -0.456 e. The highest BCUT2D eigenvalue weighted by Crippen LogP contribution is 2.17. The Morgan fingerprint density at radius 2 is 2.26 bits per heavy atom. The number of hydrogen-bond donors (Lipinski definition) is 0. The van der Waals surface area contributed by atoms with Gasteiger partial charge in [0.1, 0.15) is 17.5 Å². The Labute approximate surface area is 110 Å². The number of hydrogen-bond acceptors (Lipinski definition) is 4. The van der Waals surface area contributed by atoms with E-state index in [9.17, 15) is 4.79 Å². The number of carbonyl (C=O) groups is 1. The molecule has 6 nitrogen and oxygen atoms in total. The molecular weight excluding hydrogens is 246 g/mol. The highest BCUT2D eigenvalue weighted by Gasteiger charge is 2.24. The van der Waals surface area contributed by atoms with Crippen molar-refractivity contribution < 1.29 is 14.3 Å². The first-order chi connectivity index (χ1) is 9.25. The van der Waals surface area contributed by atoms with E-state index in [4.69, 9.17) is 9.47 Å². The second kappa shape index (κ2) is 4.89. The Kier molecular flexibility index (Phi) is 3.08. The fraction of sp³-hybridized carbons (Fsp3) is 0.385. The summed E-state index contributed by atoms with van der Waals surface area (Å²) >= 11 is 0. The van der Waals surface area contributed by atoms with Crippen LogP contribution in [0.1, 0.15) is 16.8 Å². The molecule has 1 atom stereocenters. The van der Waals surface area contributed by atoms with Crippen molar-refractivity contribution in [3.8, 4) is 5.82 Å². The van der Waals surface area contributed by atoms with Crippen molar-refractivity contribution in [1.29, 1.82) is 0 Å². The molecule has 0 bridgehead atoms. The van der Waals surface area contributed by atoms with E-state index in [-0.39, 0.29) is 12.1 Å². The molecule has 3 rings (SSSR count). The molecule has 1 aliphatic heterocycles. The van der Waals surface area contributed by atoms with E-state index in [0.29, 0.717) is 24.6 Å². The highest BCUT2D eigenvalue weighted by molar-refractivity contribution is 5.92. The number of carbonyl (C=O) groups excluding carboxylic acids is 1. The Balaban J connectivity index is 1.86. The van der Waals surface area contributed by atoms with Crippen LogP contribution in [0, 0.1) is 0 Å². The predicted octanol–water partition coefficient (Wildman–Crippen LogP) is 1.16. The lowest BCUT2D eigenvalue weighted by Crippen LogP contribution is -2.19. The van der Waals surface area contributed by atoms with E-state index in [1.807, 2.05) is 29.1 Å². The largest absolute Gasteiger partial charge is 0.456 e. The molecule has 0 saturated carbocycles. The standard InChI is InChI=1S/C13H15N3O3/c1-15-12(16-5-2-3-6-16)11(8-14-15)13(17)19-10-4-7-18-9-10/h2-3,5-6,8,10H,4,7,9H2,1H3. The van der Waals surface area contributed by atoms with Crippen molar-refractivity contribution in [2.24, 2.45) is 7.05 Å².